The molecule has 0 aliphatic heterocycles. The van der Waals surface area contributed by atoms with Crippen LogP contribution < -0.4 is 14.8 Å². The summed E-state index contributed by atoms with van der Waals surface area (Å²) in [6, 6.07) is 0. The van der Waals surface area contributed by atoms with Gasteiger partial charge in [0.25, 0.3) is 0 Å². The first-order chi connectivity index (χ1) is 8.47. The molecular formula is C8H16N4O4S2. The number of nitrogens with one attached hydrogen (secondary N) is 2. The molecule has 1 heterocycles. The fraction of sp³-hybridized carbons (Fsp3) is 0.750. The van der Waals surface area contributed by atoms with E-state index in [0.717, 1.165) is 18.0 Å². The summed E-state index contributed by atoms with van der Waals surface area (Å²) in [5.74, 6) is 0.387. The Balaban J connectivity index is 2.01. The van der Waals surface area contributed by atoms with Gasteiger partial charge in [-0.2, -0.15) is 4.37 Å². The number of sulfonamides is 1. The number of hydrogen-bond acceptors (Lipinski definition) is 8. The van der Waals surface area contributed by atoms with E-state index in [1.54, 1.807) is 0 Å². The lowest BCUT2D eigenvalue weighted by atomic mass is 10.4. The molecule has 0 spiro atoms. The lowest BCUT2D eigenvalue weighted by Crippen LogP contribution is -2.36. The van der Waals surface area contributed by atoms with E-state index in [1.165, 1.54) is 6.20 Å². The summed E-state index contributed by atoms with van der Waals surface area (Å²) in [5, 5.41) is 12.4. The second kappa shape index (κ2) is 7.59. The van der Waals surface area contributed by atoms with Crippen LogP contribution in [0.25, 0.3) is 0 Å². The number of nitrogens with zero attached hydrogens (tertiary/aromatic N) is 2. The summed E-state index contributed by atoms with van der Waals surface area (Å²) >= 11 is 1.03. The molecule has 8 nitrogen and oxygen atoms in total. The number of aliphatic hydroxyl groups is 1. The second-order valence-electron chi connectivity index (χ2n) is 3.58. The molecule has 1 unspecified atom stereocenters. The molecule has 0 aliphatic rings. The van der Waals surface area contributed by atoms with Gasteiger partial charge in [-0.25, -0.2) is 13.1 Å². The molecule has 0 aliphatic carbocycles. The Morgan fingerprint density at radius 2 is 2.33 bits per heavy atom. The molecule has 0 amide bonds. The van der Waals surface area contributed by atoms with E-state index in [2.05, 4.69) is 18.8 Å². The van der Waals surface area contributed by atoms with Crippen LogP contribution in [0, 0.1) is 0 Å². The topological polar surface area (TPSA) is 113 Å². The summed E-state index contributed by atoms with van der Waals surface area (Å²) < 4.78 is 36.5. The van der Waals surface area contributed by atoms with Crippen molar-refractivity contribution in [3.8, 4) is 5.88 Å². The van der Waals surface area contributed by atoms with Crippen LogP contribution in [0.15, 0.2) is 6.20 Å². The van der Waals surface area contributed by atoms with Gasteiger partial charge in [0.15, 0.2) is 0 Å². The smallest absolute Gasteiger partial charge is 0.245 e. The van der Waals surface area contributed by atoms with Gasteiger partial charge in [-0.3, -0.25) is 0 Å². The Morgan fingerprint density at radius 3 is 2.94 bits per heavy atom. The highest BCUT2D eigenvalue weighted by Crippen LogP contribution is 2.04. The molecule has 0 saturated carbocycles. The fourth-order valence-electron chi connectivity index (χ4n) is 1.05. The molecular weight excluding hydrogens is 280 g/mol. The van der Waals surface area contributed by atoms with E-state index in [0.29, 0.717) is 19.0 Å². The molecule has 1 rings (SSSR count). The van der Waals surface area contributed by atoms with E-state index in [1.807, 2.05) is 0 Å². The van der Waals surface area contributed by atoms with Crippen LogP contribution in [0.4, 0.5) is 0 Å². The van der Waals surface area contributed by atoms with Crippen LogP contribution in [0.1, 0.15) is 0 Å². The van der Waals surface area contributed by atoms with Gasteiger partial charge in [0.2, 0.25) is 15.9 Å². The highest BCUT2D eigenvalue weighted by Gasteiger charge is 2.06. The largest absolute Gasteiger partial charge is 0.473 e. The summed E-state index contributed by atoms with van der Waals surface area (Å²) in [5.41, 5.74) is 0. The van der Waals surface area contributed by atoms with Gasteiger partial charge in [-0.05, 0) is 0 Å². The first-order valence-corrected chi connectivity index (χ1v) is 7.83. The van der Waals surface area contributed by atoms with Crippen LogP contribution >= 0.6 is 11.7 Å². The minimum atomic E-state index is -3.16. The van der Waals surface area contributed by atoms with Crippen molar-refractivity contribution in [3.05, 3.63) is 6.20 Å². The zero-order chi connectivity index (χ0) is 13.4. The van der Waals surface area contributed by atoms with E-state index in [-0.39, 0.29) is 13.2 Å². The summed E-state index contributed by atoms with van der Waals surface area (Å²) in [6.07, 6.45) is 1.88. The minimum absolute atomic E-state index is 0.109. The average molecular weight is 296 g/mol. The lowest BCUT2D eigenvalue weighted by Gasteiger charge is -2.11. The predicted molar refractivity (Wildman–Crippen MR) is 67.1 cm³/mol. The van der Waals surface area contributed by atoms with E-state index < -0.39 is 16.1 Å². The third kappa shape index (κ3) is 7.50. The first-order valence-electron chi connectivity index (χ1n) is 5.21. The number of rotatable bonds is 9. The van der Waals surface area contributed by atoms with Crippen LogP contribution in [-0.2, 0) is 10.0 Å². The first kappa shape index (κ1) is 15.2. The Kier molecular flexibility index (Phi) is 6.43. The standard InChI is InChI=1S/C8H16N4O4S2/c1-18(14,15)11-3-2-9-4-7(13)6-16-8-5-10-17-12-8/h5,7,9,11,13H,2-4,6H2,1H3. The molecule has 0 bridgehead atoms. The SMILES string of the molecule is CS(=O)(=O)NCCNCC(O)COc1cnsn1. The lowest BCUT2D eigenvalue weighted by molar-refractivity contribution is 0.105. The molecule has 1 atom stereocenters. The molecule has 104 valence electrons. The zero-order valence-corrected chi connectivity index (χ0v) is 11.5. The van der Waals surface area contributed by atoms with Gasteiger partial charge in [0, 0.05) is 19.6 Å². The zero-order valence-electron chi connectivity index (χ0n) is 9.87. The Hall–Kier alpha value is -0.810. The van der Waals surface area contributed by atoms with Gasteiger partial charge < -0.3 is 15.2 Å². The van der Waals surface area contributed by atoms with Crippen molar-refractivity contribution in [2.24, 2.45) is 0 Å². The van der Waals surface area contributed by atoms with Crippen molar-refractivity contribution >= 4 is 21.8 Å². The molecule has 3 N–H and O–H groups in total. The quantitative estimate of drug-likeness (QED) is 0.471. The average Bonchev–Trinajstić information content (AvgIpc) is 2.77. The van der Waals surface area contributed by atoms with Crippen molar-refractivity contribution < 1.29 is 18.3 Å². The highest BCUT2D eigenvalue weighted by atomic mass is 32.2. The third-order valence-electron chi connectivity index (χ3n) is 1.81. The molecule has 1 aromatic rings. The van der Waals surface area contributed by atoms with Crippen LogP contribution in [0.3, 0.4) is 0 Å². The second-order valence-corrected chi connectivity index (χ2v) is 5.97. The Bertz CT molecular complexity index is 422. The van der Waals surface area contributed by atoms with Crippen molar-refractivity contribution in [1.82, 2.24) is 18.8 Å². The fourth-order valence-corrected chi connectivity index (χ4v) is 1.89. The maximum atomic E-state index is 10.7. The van der Waals surface area contributed by atoms with Crippen LogP contribution in [0.5, 0.6) is 5.88 Å². The molecule has 0 saturated heterocycles. The van der Waals surface area contributed by atoms with E-state index in [9.17, 15) is 13.5 Å². The number of aliphatic hydroxyl groups excluding tert-OH is 1. The molecule has 18 heavy (non-hydrogen) atoms. The van der Waals surface area contributed by atoms with E-state index >= 15 is 0 Å². The van der Waals surface area contributed by atoms with Crippen molar-refractivity contribution in [2.45, 2.75) is 6.10 Å². The third-order valence-corrected chi connectivity index (χ3v) is 3.00. The van der Waals surface area contributed by atoms with Gasteiger partial charge in [0.1, 0.15) is 18.9 Å². The van der Waals surface area contributed by atoms with Crippen molar-refractivity contribution in [3.63, 3.8) is 0 Å². The molecule has 0 aromatic carbocycles. The Labute approximate surface area is 110 Å². The van der Waals surface area contributed by atoms with Crippen LogP contribution in [0.2, 0.25) is 0 Å². The minimum Gasteiger partial charge on any atom is -0.473 e. The maximum absolute atomic E-state index is 10.7. The number of aromatic nitrogens is 2. The number of hydrogen-bond donors (Lipinski definition) is 3. The summed E-state index contributed by atoms with van der Waals surface area (Å²) in [7, 11) is -3.16. The maximum Gasteiger partial charge on any atom is 0.245 e. The number of ether oxygens (including phenoxy) is 1. The summed E-state index contributed by atoms with van der Waals surface area (Å²) in [6.45, 7) is 1.13. The molecule has 0 radical (unpaired) electrons. The molecule has 1 aromatic heterocycles. The van der Waals surface area contributed by atoms with Crippen molar-refractivity contribution in [2.75, 3.05) is 32.5 Å². The van der Waals surface area contributed by atoms with Gasteiger partial charge >= 0.3 is 0 Å². The Morgan fingerprint density at radius 1 is 1.56 bits per heavy atom. The molecule has 0 fully saturated rings. The normalized spacial score (nSPS) is 13.4. The monoisotopic (exact) mass is 296 g/mol. The summed E-state index contributed by atoms with van der Waals surface area (Å²) in [4.78, 5) is 0. The molecule has 10 heteroatoms. The van der Waals surface area contributed by atoms with Crippen LogP contribution in [-0.4, -0.2) is 60.9 Å². The van der Waals surface area contributed by atoms with Gasteiger partial charge in [-0.1, -0.05) is 0 Å². The van der Waals surface area contributed by atoms with Crippen molar-refractivity contribution in [1.29, 1.82) is 0 Å². The highest BCUT2D eigenvalue weighted by molar-refractivity contribution is 7.88. The van der Waals surface area contributed by atoms with E-state index in [4.69, 9.17) is 4.74 Å². The van der Waals surface area contributed by atoms with Gasteiger partial charge in [-0.15, -0.1) is 4.37 Å². The predicted octanol–water partition coefficient (Wildman–Crippen LogP) is -1.58. The van der Waals surface area contributed by atoms with Gasteiger partial charge in [0.05, 0.1) is 18.0 Å².